The van der Waals surface area contributed by atoms with Gasteiger partial charge in [0.2, 0.25) is 0 Å². The van der Waals surface area contributed by atoms with Crippen LogP contribution in [0.2, 0.25) is 0 Å². The van der Waals surface area contributed by atoms with Gasteiger partial charge in [-0.15, -0.1) is 11.3 Å². The number of benzene rings is 1. The summed E-state index contributed by atoms with van der Waals surface area (Å²) < 4.78 is 6.51. The number of aryl methyl sites for hydroxylation is 1. The molecule has 26 heavy (non-hydrogen) atoms. The summed E-state index contributed by atoms with van der Waals surface area (Å²) in [5.74, 6) is 0.935. The van der Waals surface area contributed by atoms with Crippen molar-refractivity contribution in [1.29, 1.82) is 0 Å². The number of rotatable bonds is 4. The number of fused-ring (bicyclic) bond motifs is 1. The van der Waals surface area contributed by atoms with Crippen molar-refractivity contribution >= 4 is 33.1 Å². The molecule has 3 heterocycles. The zero-order valence-electron chi connectivity index (χ0n) is 14.7. The summed E-state index contributed by atoms with van der Waals surface area (Å²) in [6.45, 7) is 5.71. The molecule has 0 atom stereocenters. The van der Waals surface area contributed by atoms with Gasteiger partial charge in [0.1, 0.15) is 5.82 Å². The van der Waals surface area contributed by atoms with Gasteiger partial charge >= 0.3 is 0 Å². The van der Waals surface area contributed by atoms with Crippen LogP contribution in [0, 0.1) is 6.92 Å². The van der Waals surface area contributed by atoms with Gasteiger partial charge in [0.05, 0.1) is 18.1 Å². The number of nitrogens with zero attached hydrogens (tertiary/aromatic N) is 2. The lowest BCUT2D eigenvalue weighted by molar-refractivity contribution is 0.0954. The van der Waals surface area contributed by atoms with Crippen molar-refractivity contribution in [3.8, 4) is 0 Å². The number of anilines is 1. The number of pyridine rings is 1. The number of aromatic nitrogens is 1. The van der Waals surface area contributed by atoms with E-state index < -0.39 is 0 Å². The van der Waals surface area contributed by atoms with Gasteiger partial charge in [0, 0.05) is 30.5 Å². The fraction of sp³-hybridized carbons (Fsp3) is 0.300. The van der Waals surface area contributed by atoms with Crippen LogP contribution in [-0.2, 0) is 11.3 Å². The van der Waals surface area contributed by atoms with Crippen molar-refractivity contribution in [2.45, 2.75) is 13.5 Å². The lowest BCUT2D eigenvalue weighted by Crippen LogP contribution is -2.36. The van der Waals surface area contributed by atoms with E-state index in [0.717, 1.165) is 58.2 Å². The Bertz CT molecular complexity index is 914. The summed E-state index contributed by atoms with van der Waals surface area (Å²) in [6.07, 6.45) is 1.84. The first-order valence-corrected chi connectivity index (χ1v) is 9.58. The normalized spacial score (nSPS) is 14.6. The van der Waals surface area contributed by atoms with Crippen molar-refractivity contribution in [3.63, 3.8) is 0 Å². The minimum atomic E-state index is -0.0269. The van der Waals surface area contributed by atoms with E-state index in [1.165, 1.54) is 0 Å². The Morgan fingerprint density at radius 1 is 1.23 bits per heavy atom. The average Bonchev–Trinajstić information content (AvgIpc) is 3.04. The van der Waals surface area contributed by atoms with E-state index in [2.05, 4.69) is 27.3 Å². The Morgan fingerprint density at radius 2 is 2.04 bits per heavy atom. The van der Waals surface area contributed by atoms with Crippen molar-refractivity contribution in [2.75, 3.05) is 31.2 Å². The molecule has 4 rings (SSSR count). The summed E-state index contributed by atoms with van der Waals surface area (Å²) in [7, 11) is 0. The summed E-state index contributed by atoms with van der Waals surface area (Å²) >= 11 is 1.54. The Labute approximate surface area is 156 Å². The minimum absolute atomic E-state index is 0.0269. The molecule has 0 saturated carbocycles. The Morgan fingerprint density at radius 3 is 2.77 bits per heavy atom. The monoisotopic (exact) mass is 367 g/mol. The van der Waals surface area contributed by atoms with Crippen molar-refractivity contribution < 1.29 is 9.53 Å². The van der Waals surface area contributed by atoms with Crippen molar-refractivity contribution in [3.05, 3.63) is 58.6 Å². The molecule has 3 aromatic rings. The molecule has 0 bridgehead atoms. The molecule has 1 N–H and O–H groups in total. The molecule has 1 aromatic carbocycles. The SMILES string of the molecule is Cc1c(C(=O)NCc2ccc(N3CCOCC3)nc2)sc2ccccc12. The number of hydrogen-bond acceptors (Lipinski definition) is 5. The van der Waals surface area contributed by atoms with Crippen LogP contribution in [0.15, 0.2) is 42.6 Å². The van der Waals surface area contributed by atoms with E-state index in [4.69, 9.17) is 4.74 Å². The highest BCUT2D eigenvalue weighted by atomic mass is 32.1. The van der Waals surface area contributed by atoms with Crippen LogP contribution >= 0.6 is 11.3 Å². The van der Waals surface area contributed by atoms with E-state index >= 15 is 0 Å². The number of hydrogen-bond donors (Lipinski definition) is 1. The molecule has 6 heteroatoms. The fourth-order valence-corrected chi connectivity index (χ4v) is 4.28. The van der Waals surface area contributed by atoms with Crippen LogP contribution in [0.3, 0.4) is 0 Å². The maximum absolute atomic E-state index is 12.6. The van der Waals surface area contributed by atoms with Gasteiger partial charge in [-0.05, 0) is 35.6 Å². The fourth-order valence-electron chi connectivity index (χ4n) is 3.15. The lowest BCUT2D eigenvalue weighted by Gasteiger charge is -2.27. The average molecular weight is 367 g/mol. The van der Waals surface area contributed by atoms with Gasteiger partial charge in [-0.25, -0.2) is 4.98 Å². The quantitative estimate of drug-likeness (QED) is 0.768. The maximum Gasteiger partial charge on any atom is 0.261 e. The molecule has 1 saturated heterocycles. The number of thiophene rings is 1. The van der Waals surface area contributed by atoms with Crippen molar-refractivity contribution in [1.82, 2.24) is 10.3 Å². The Hall–Kier alpha value is -2.44. The second kappa shape index (κ2) is 7.43. The van der Waals surface area contributed by atoms with Gasteiger partial charge in [0.15, 0.2) is 0 Å². The summed E-state index contributed by atoms with van der Waals surface area (Å²) in [5.41, 5.74) is 2.04. The van der Waals surface area contributed by atoms with E-state index in [1.807, 2.05) is 37.4 Å². The highest BCUT2D eigenvalue weighted by Gasteiger charge is 2.15. The molecule has 134 valence electrons. The van der Waals surface area contributed by atoms with Crippen LogP contribution in [0.5, 0.6) is 0 Å². The molecule has 1 aliphatic rings. The van der Waals surface area contributed by atoms with E-state index in [9.17, 15) is 4.79 Å². The first kappa shape index (κ1) is 17.0. The van der Waals surface area contributed by atoms with E-state index in [1.54, 1.807) is 11.3 Å². The van der Waals surface area contributed by atoms with Crippen molar-refractivity contribution in [2.24, 2.45) is 0 Å². The molecule has 5 nitrogen and oxygen atoms in total. The summed E-state index contributed by atoms with van der Waals surface area (Å²) in [6, 6.07) is 12.2. The molecule has 1 amide bonds. The van der Waals surface area contributed by atoms with Crippen LogP contribution in [0.25, 0.3) is 10.1 Å². The largest absolute Gasteiger partial charge is 0.378 e. The predicted molar refractivity (Wildman–Crippen MR) is 105 cm³/mol. The number of amides is 1. The van der Waals surface area contributed by atoms with E-state index in [-0.39, 0.29) is 5.91 Å². The second-order valence-corrected chi connectivity index (χ2v) is 7.41. The topological polar surface area (TPSA) is 54.5 Å². The zero-order chi connectivity index (χ0) is 17.9. The standard InChI is InChI=1S/C20H21N3O2S/c1-14-16-4-2-3-5-17(16)26-19(14)20(24)22-13-15-6-7-18(21-12-15)23-8-10-25-11-9-23/h2-7,12H,8-11,13H2,1H3,(H,22,24). The van der Waals surface area contributed by atoms with Gasteiger partial charge in [-0.3, -0.25) is 4.79 Å². The highest BCUT2D eigenvalue weighted by molar-refractivity contribution is 7.21. The number of ether oxygens (including phenoxy) is 1. The maximum atomic E-state index is 12.6. The number of carbonyl (C=O) groups excluding carboxylic acids is 1. The van der Waals surface area contributed by atoms with Gasteiger partial charge in [0.25, 0.3) is 5.91 Å². The molecule has 0 unspecified atom stereocenters. The van der Waals surface area contributed by atoms with Gasteiger partial charge in [-0.1, -0.05) is 24.3 Å². The predicted octanol–water partition coefficient (Wildman–Crippen LogP) is 3.37. The van der Waals surface area contributed by atoms with Gasteiger partial charge < -0.3 is 15.0 Å². The summed E-state index contributed by atoms with van der Waals surface area (Å²) in [5, 5.41) is 4.17. The zero-order valence-corrected chi connectivity index (χ0v) is 15.5. The van der Waals surface area contributed by atoms with E-state index in [0.29, 0.717) is 6.54 Å². The molecule has 0 spiro atoms. The molecule has 1 fully saturated rings. The van der Waals surface area contributed by atoms with Crippen LogP contribution < -0.4 is 10.2 Å². The molecule has 0 radical (unpaired) electrons. The smallest absolute Gasteiger partial charge is 0.261 e. The number of morpholine rings is 1. The third-order valence-electron chi connectivity index (χ3n) is 4.65. The summed E-state index contributed by atoms with van der Waals surface area (Å²) in [4.78, 5) is 20.1. The Kier molecular flexibility index (Phi) is 4.86. The molecular formula is C20H21N3O2S. The number of nitrogens with one attached hydrogen (secondary N) is 1. The first-order valence-electron chi connectivity index (χ1n) is 8.76. The first-order chi connectivity index (χ1) is 12.7. The number of carbonyl (C=O) groups is 1. The minimum Gasteiger partial charge on any atom is -0.378 e. The van der Waals surface area contributed by atoms with Gasteiger partial charge in [-0.2, -0.15) is 0 Å². The lowest BCUT2D eigenvalue weighted by atomic mass is 10.1. The molecule has 1 aliphatic heterocycles. The Balaban J connectivity index is 1.41. The molecule has 0 aliphatic carbocycles. The molecule has 2 aromatic heterocycles. The third kappa shape index (κ3) is 3.43. The third-order valence-corrected chi connectivity index (χ3v) is 5.92. The van der Waals surface area contributed by atoms with Crippen LogP contribution in [-0.4, -0.2) is 37.2 Å². The van der Waals surface area contributed by atoms with Crippen LogP contribution in [0.1, 0.15) is 20.8 Å². The highest BCUT2D eigenvalue weighted by Crippen LogP contribution is 2.30. The molecular weight excluding hydrogens is 346 g/mol. The second-order valence-electron chi connectivity index (χ2n) is 6.36. The van der Waals surface area contributed by atoms with Crippen LogP contribution in [0.4, 0.5) is 5.82 Å².